The molecular weight excluding hydrogens is 357 g/mol. The largest absolute Gasteiger partial charge is 0.312 e. The van der Waals surface area contributed by atoms with Crippen molar-refractivity contribution in [1.29, 1.82) is 0 Å². The maximum Gasteiger partial charge on any atom is 0.243 e. The third-order valence-corrected chi connectivity index (χ3v) is 7.12. The summed E-state index contributed by atoms with van der Waals surface area (Å²) >= 11 is 0. The summed E-state index contributed by atoms with van der Waals surface area (Å²) in [4.78, 5) is 2.35. The molecule has 2 aliphatic heterocycles. The van der Waals surface area contributed by atoms with Gasteiger partial charge >= 0.3 is 0 Å². The van der Waals surface area contributed by atoms with Crippen LogP contribution in [0.1, 0.15) is 30.5 Å². The average Bonchev–Trinajstić information content (AvgIpc) is 3.21. The SMILES string of the molecule is CN1CCc2nnc([C@@H]3CCCN3S(=O)(=O)c3ccc(F)cc3)n2CC1. The van der Waals surface area contributed by atoms with E-state index in [1.165, 1.54) is 28.6 Å². The van der Waals surface area contributed by atoms with Crippen molar-refractivity contribution in [2.24, 2.45) is 0 Å². The van der Waals surface area contributed by atoms with Crippen molar-refractivity contribution in [2.75, 3.05) is 26.7 Å². The lowest BCUT2D eigenvalue weighted by atomic mass is 10.2. The molecule has 0 aliphatic carbocycles. The fraction of sp³-hybridized carbons (Fsp3) is 0.529. The summed E-state index contributed by atoms with van der Waals surface area (Å²) in [6.45, 7) is 3.00. The minimum Gasteiger partial charge on any atom is -0.312 e. The molecule has 0 N–H and O–H groups in total. The second kappa shape index (κ2) is 6.71. The number of nitrogens with zero attached hydrogens (tertiary/aromatic N) is 5. The molecule has 1 aromatic heterocycles. The fourth-order valence-corrected chi connectivity index (χ4v) is 5.38. The molecular formula is C17H22FN5O2S. The summed E-state index contributed by atoms with van der Waals surface area (Å²) in [6, 6.07) is 4.67. The number of sulfonamides is 1. The van der Waals surface area contributed by atoms with Crippen LogP contribution in [0.15, 0.2) is 29.2 Å². The van der Waals surface area contributed by atoms with Crippen LogP contribution in [0.2, 0.25) is 0 Å². The Morgan fingerprint density at radius 1 is 1.08 bits per heavy atom. The molecule has 2 aliphatic rings. The van der Waals surface area contributed by atoms with Gasteiger partial charge in [-0.3, -0.25) is 0 Å². The van der Waals surface area contributed by atoms with Crippen LogP contribution in [0.3, 0.4) is 0 Å². The van der Waals surface area contributed by atoms with E-state index in [0.717, 1.165) is 44.1 Å². The average molecular weight is 379 g/mol. The molecule has 7 nitrogen and oxygen atoms in total. The standard InChI is InChI=1S/C17H22FN5O2S/c1-21-10-8-16-19-20-17(22(16)12-11-21)15-3-2-9-23(15)26(24,25)14-6-4-13(18)5-7-14/h4-7,15H,2-3,8-12H2,1H3/t15-/m0/s1. The summed E-state index contributed by atoms with van der Waals surface area (Å²) in [7, 11) is -1.63. The molecule has 0 bridgehead atoms. The lowest BCUT2D eigenvalue weighted by Crippen LogP contribution is -2.32. The highest BCUT2D eigenvalue weighted by Gasteiger charge is 2.39. The van der Waals surface area contributed by atoms with E-state index in [0.29, 0.717) is 13.0 Å². The molecule has 0 saturated carbocycles. The summed E-state index contributed by atoms with van der Waals surface area (Å²) in [6.07, 6.45) is 2.29. The Hall–Kier alpha value is -1.84. The predicted octanol–water partition coefficient (Wildman–Crippen LogP) is 1.43. The first kappa shape index (κ1) is 17.6. The quantitative estimate of drug-likeness (QED) is 0.807. The highest BCUT2D eigenvalue weighted by molar-refractivity contribution is 7.89. The summed E-state index contributed by atoms with van der Waals surface area (Å²) < 4.78 is 42.9. The summed E-state index contributed by atoms with van der Waals surface area (Å²) in [5.74, 6) is 1.18. The van der Waals surface area contributed by atoms with Crippen LogP contribution in [0.25, 0.3) is 0 Å². The van der Waals surface area contributed by atoms with Gasteiger partial charge in [-0.2, -0.15) is 4.31 Å². The second-order valence-corrected chi connectivity index (χ2v) is 8.80. The minimum absolute atomic E-state index is 0.112. The molecule has 1 saturated heterocycles. The van der Waals surface area contributed by atoms with E-state index in [-0.39, 0.29) is 10.9 Å². The zero-order chi connectivity index (χ0) is 18.3. The van der Waals surface area contributed by atoms with E-state index < -0.39 is 15.8 Å². The first-order valence-corrected chi connectivity index (χ1v) is 10.3. The minimum atomic E-state index is -3.70. The summed E-state index contributed by atoms with van der Waals surface area (Å²) in [5.41, 5.74) is 0. The van der Waals surface area contributed by atoms with Gasteiger partial charge in [0.05, 0.1) is 10.9 Å². The maximum atomic E-state index is 13.2. The highest BCUT2D eigenvalue weighted by atomic mass is 32.2. The van der Waals surface area contributed by atoms with Gasteiger partial charge in [-0.25, -0.2) is 12.8 Å². The first-order valence-electron chi connectivity index (χ1n) is 8.85. The Balaban J connectivity index is 1.68. The zero-order valence-electron chi connectivity index (χ0n) is 14.7. The number of fused-ring (bicyclic) bond motifs is 1. The van der Waals surface area contributed by atoms with Crippen molar-refractivity contribution >= 4 is 10.0 Å². The molecule has 1 atom stereocenters. The number of halogens is 1. The molecule has 0 spiro atoms. The van der Waals surface area contributed by atoms with Crippen LogP contribution in [0.5, 0.6) is 0 Å². The van der Waals surface area contributed by atoms with Gasteiger partial charge in [0.15, 0.2) is 5.82 Å². The zero-order valence-corrected chi connectivity index (χ0v) is 15.5. The van der Waals surface area contributed by atoms with E-state index in [9.17, 15) is 12.8 Å². The van der Waals surface area contributed by atoms with Crippen LogP contribution in [0, 0.1) is 5.82 Å². The Bertz CT molecular complexity index is 896. The van der Waals surface area contributed by atoms with Gasteiger partial charge in [-0.1, -0.05) is 0 Å². The summed E-state index contributed by atoms with van der Waals surface area (Å²) in [5, 5.41) is 8.66. The van der Waals surface area contributed by atoms with E-state index in [1.807, 2.05) is 0 Å². The number of hydrogen-bond donors (Lipinski definition) is 0. The van der Waals surface area contributed by atoms with E-state index in [2.05, 4.69) is 26.7 Å². The number of benzene rings is 1. The number of aromatic nitrogens is 3. The van der Waals surface area contributed by atoms with Gasteiger partial charge in [0.2, 0.25) is 10.0 Å². The molecule has 0 amide bonds. The smallest absolute Gasteiger partial charge is 0.243 e. The number of hydrogen-bond acceptors (Lipinski definition) is 5. The molecule has 3 heterocycles. The van der Waals surface area contributed by atoms with Gasteiger partial charge in [-0.05, 0) is 44.2 Å². The Labute approximate surface area is 152 Å². The van der Waals surface area contributed by atoms with Gasteiger partial charge in [0.25, 0.3) is 0 Å². The predicted molar refractivity (Wildman–Crippen MR) is 93.5 cm³/mol. The van der Waals surface area contributed by atoms with Crippen LogP contribution in [-0.2, 0) is 23.0 Å². The lowest BCUT2D eigenvalue weighted by Gasteiger charge is -2.24. The first-order chi connectivity index (χ1) is 12.5. The Kier molecular flexibility index (Phi) is 4.54. The Morgan fingerprint density at radius 3 is 2.62 bits per heavy atom. The van der Waals surface area contributed by atoms with Crippen LogP contribution < -0.4 is 0 Å². The fourth-order valence-electron chi connectivity index (χ4n) is 3.73. The number of rotatable bonds is 3. The molecule has 0 unspecified atom stereocenters. The molecule has 1 aromatic carbocycles. The van der Waals surface area contributed by atoms with Crippen molar-refractivity contribution in [1.82, 2.24) is 24.0 Å². The lowest BCUT2D eigenvalue weighted by molar-refractivity contribution is 0.330. The van der Waals surface area contributed by atoms with Crippen molar-refractivity contribution in [3.05, 3.63) is 41.7 Å². The van der Waals surface area contributed by atoms with Crippen molar-refractivity contribution < 1.29 is 12.8 Å². The van der Waals surface area contributed by atoms with Gasteiger partial charge in [0, 0.05) is 32.6 Å². The van der Waals surface area contributed by atoms with Gasteiger partial charge < -0.3 is 9.47 Å². The monoisotopic (exact) mass is 379 g/mol. The van der Waals surface area contributed by atoms with Crippen molar-refractivity contribution in [3.8, 4) is 0 Å². The third kappa shape index (κ3) is 3.04. The van der Waals surface area contributed by atoms with Crippen molar-refractivity contribution in [3.63, 3.8) is 0 Å². The molecule has 9 heteroatoms. The highest BCUT2D eigenvalue weighted by Crippen LogP contribution is 2.36. The maximum absolute atomic E-state index is 13.2. The molecule has 26 heavy (non-hydrogen) atoms. The van der Waals surface area contributed by atoms with Crippen LogP contribution in [-0.4, -0.2) is 59.1 Å². The Morgan fingerprint density at radius 2 is 1.85 bits per heavy atom. The van der Waals surface area contributed by atoms with Gasteiger partial charge in [-0.15, -0.1) is 10.2 Å². The molecule has 1 fully saturated rings. The van der Waals surface area contributed by atoms with Gasteiger partial charge in [0.1, 0.15) is 11.6 Å². The third-order valence-electron chi connectivity index (χ3n) is 5.20. The normalized spacial score (nSPS) is 22.3. The van der Waals surface area contributed by atoms with Crippen LogP contribution >= 0.6 is 0 Å². The molecule has 2 aromatic rings. The van der Waals surface area contributed by atoms with E-state index in [1.54, 1.807) is 0 Å². The molecule has 0 radical (unpaired) electrons. The topological polar surface area (TPSA) is 71.3 Å². The van der Waals surface area contributed by atoms with Crippen LogP contribution in [0.4, 0.5) is 4.39 Å². The van der Waals surface area contributed by atoms with Crippen molar-refractivity contribution in [2.45, 2.75) is 36.7 Å². The molecule has 4 rings (SSSR count). The van der Waals surface area contributed by atoms with E-state index >= 15 is 0 Å². The molecule has 140 valence electrons. The number of likely N-dealkylation sites (N-methyl/N-ethyl adjacent to an activating group) is 1. The van der Waals surface area contributed by atoms with E-state index in [4.69, 9.17) is 0 Å². The second-order valence-electron chi connectivity index (χ2n) is 6.91.